The molecule has 3 atom stereocenters. The lowest BCUT2D eigenvalue weighted by Gasteiger charge is -2.33. The van der Waals surface area contributed by atoms with Crippen LogP contribution in [0.15, 0.2) is 24.3 Å². The molecule has 2 fully saturated rings. The van der Waals surface area contributed by atoms with Crippen LogP contribution in [0.3, 0.4) is 0 Å². The molecule has 1 heterocycles. The predicted molar refractivity (Wildman–Crippen MR) is 84.2 cm³/mol. The number of hydrogen-bond donors (Lipinski definition) is 2. The summed E-state index contributed by atoms with van der Waals surface area (Å²) >= 11 is 6.14. The van der Waals surface area contributed by atoms with Crippen molar-refractivity contribution in [2.24, 2.45) is 11.8 Å². The number of carbonyl (C=O) groups excluding carboxylic acids is 2. The van der Waals surface area contributed by atoms with Crippen molar-refractivity contribution in [1.82, 2.24) is 5.32 Å². The molecule has 6 nitrogen and oxygen atoms in total. The molecule has 122 valence electrons. The number of hydrogen-bond acceptors (Lipinski definition) is 3. The summed E-state index contributed by atoms with van der Waals surface area (Å²) in [5.41, 5.74) is 0.632. The third-order valence-electron chi connectivity index (χ3n) is 4.34. The maximum absolute atomic E-state index is 12.6. The highest BCUT2D eigenvalue weighted by atomic mass is 35.5. The molecule has 1 aromatic carbocycles. The SMILES string of the molecule is O=C(O)C1CC1C(=O)NC1CCCN(c2ccccc2Cl)C1=O. The molecule has 1 saturated carbocycles. The summed E-state index contributed by atoms with van der Waals surface area (Å²) in [6.45, 7) is 0.552. The number of rotatable bonds is 4. The predicted octanol–water partition coefficient (Wildman–Crippen LogP) is 1.67. The topological polar surface area (TPSA) is 86.7 Å². The fraction of sp³-hybridized carbons (Fsp3) is 0.438. The molecular weight excluding hydrogens is 320 g/mol. The number of nitrogens with one attached hydrogen (secondary N) is 1. The zero-order valence-corrected chi connectivity index (χ0v) is 13.1. The summed E-state index contributed by atoms with van der Waals surface area (Å²) in [5.74, 6) is -2.65. The van der Waals surface area contributed by atoms with E-state index in [9.17, 15) is 14.4 Å². The number of carboxylic acids is 1. The molecule has 1 aromatic rings. The third kappa shape index (κ3) is 3.17. The first-order valence-corrected chi connectivity index (χ1v) is 7.96. The molecule has 7 heteroatoms. The van der Waals surface area contributed by atoms with Gasteiger partial charge in [-0.3, -0.25) is 14.4 Å². The number of anilines is 1. The minimum absolute atomic E-state index is 0.203. The van der Waals surface area contributed by atoms with Crippen molar-refractivity contribution in [2.75, 3.05) is 11.4 Å². The number of benzene rings is 1. The van der Waals surface area contributed by atoms with E-state index in [4.69, 9.17) is 16.7 Å². The van der Waals surface area contributed by atoms with Crippen LogP contribution in [-0.4, -0.2) is 35.5 Å². The van der Waals surface area contributed by atoms with Gasteiger partial charge in [0.15, 0.2) is 0 Å². The van der Waals surface area contributed by atoms with Gasteiger partial charge in [-0.05, 0) is 31.4 Å². The van der Waals surface area contributed by atoms with Gasteiger partial charge in [0.2, 0.25) is 11.8 Å². The van der Waals surface area contributed by atoms with Gasteiger partial charge in [0.05, 0.1) is 22.5 Å². The Kier molecular flexibility index (Phi) is 4.26. The van der Waals surface area contributed by atoms with E-state index in [0.717, 1.165) is 6.42 Å². The Balaban J connectivity index is 1.67. The Bertz CT molecular complexity index is 663. The zero-order chi connectivity index (χ0) is 16.6. The summed E-state index contributed by atoms with van der Waals surface area (Å²) in [5, 5.41) is 12.1. The average molecular weight is 337 g/mol. The molecule has 0 radical (unpaired) electrons. The third-order valence-corrected chi connectivity index (χ3v) is 4.66. The lowest BCUT2D eigenvalue weighted by atomic mass is 10.0. The van der Waals surface area contributed by atoms with Crippen LogP contribution in [-0.2, 0) is 14.4 Å². The first kappa shape index (κ1) is 15.8. The molecule has 0 aromatic heterocycles. The molecule has 2 amide bonds. The Hall–Kier alpha value is -2.08. The quantitative estimate of drug-likeness (QED) is 0.875. The summed E-state index contributed by atoms with van der Waals surface area (Å²) in [7, 11) is 0. The average Bonchev–Trinajstić information content (AvgIpc) is 3.31. The van der Waals surface area contributed by atoms with E-state index in [1.165, 1.54) is 0 Å². The normalized spacial score (nSPS) is 26.7. The fourth-order valence-electron chi connectivity index (χ4n) is 2.96. The molecule has 23 heavy (non-hydrogen) atoms. The molecule has 0 spiro atoms. The lowest BCUT2D eigenvalue weighted by molar-refractivity contribution is -0.140. The number of nitrogens with zero attached hydrogens (tertiary/aromatic N) is 1. The second kappa shape index (κ2) is 6.20. The van der Waals surface area contributed by atoms with Crippen LogP contribution in [0.1, 0.15) is 19.3 Å². The van der Waals surface area contributed by atoms with Gasteiger partial charge >= 0.3 is 5.97 Å². The summed E-state index contributed by atoms with van der Waals surface area (Å²) < 4.78 is 0. The monoisotopic (exact) mass is 336 g/mol. The van der Waals surface area contributed by atoms with E-state index in [-0.39, 0.29) is 11.8 Å². The van der Waals surface area contributed by atoms with E-state index in [2.05, 4.69) is 5.32 Å². The van der Waals surface area contributed by atoms with Crippen LogP contribution in [0, 0.1) is 11.8 Å². The number of aliphatic carboxylic acids is 1. The van der Waals surface area contributed by atoms with Crippen LogP contribution in [0.25, 0.3) is 0 Å². The second-order valence-corrected chi connectivity index (χ2v) is 6.34. The number of amides is 2. The number of para-hydroxylation sites is 1. The Morgan fingerprint density at radius 3 is 2.65 bits per heavy atom. The fourth-order valence-corrected chi connectivity index (χ4v) is 3.19. The minimum Gasteiger partial charge on any atom is -0.481 e. The molecule has 2 aliphatic rings. The molecule has 3 unspecified atom stereocenters. The summed E-state index contributed by atoms with van der Waals surface area (Å²) in [6.07, 6.45) is 1.64. The van der Waals surface area contributed by atoms with Gasteiger partial charge in [-0.15, -0.1) is 0 Å². The van der Waals surface area contributed by atoms with Gasteiger partial charge in [0.25, 0.3) is 0 Å². The van der Waals surface area contributed by atoms with Gasteiger partial charge in [0.1, 0.15) is 6.04 Å². The first-order chi connectivity index (χ1) is 11.0. The van der Waals surface area contributed by atoms with Crippen molar-refractivity contribution in [1.29, 1.82) is 0 Å². The molecule has 1 saturated heterocycles. The largest absolute Gasteiger partial charge is 0.481 e. The highest BCUT2D eigenvalue weighted by Crippen LogP contribution is 2.39. The van der Waals surface area contributed by atoms with E-state index in [1.807, 2.05) is 0 Å². The molecule has 1 aliphatic carbocycles. The van der Waals surface area contributed by atoms with Crippen LogP contribution in [0.2, 0.25) is 5.02 Å². The van der Waals surface area contributed by atoms with E-state index in [1.54, 1.807) is 29.2 Å². The van der Waals surface area contributed by atoms with Crippen molar-refractivity contribution >= 4 is 35.1 Å². The molecule has 3 rings (SSSR count). The van der Waals surface area contributed by atoms with Crippen molar-refractivity contribution in [3.63, 3.8) is 0 Å². The van der Waals surface area contributed by atoms with Gasteiger partial charge in [-0.25, -0.2) is 0 Å². The number of piperidine rings is 1. The van der Waals surface area contributed by atoms with Crippen LogP contribution in [0.5, 0.6) is 0 Å². The second-order valence-electron chi connectivity index (χ2n) is 5.93. The maximum Gasteiger partial charge on any atom is 0.307 e. The first-order valence-electron chi connectivity index (χ1n) is 7.58. The van der Waals surface area contributed by atoms with Gasteiger partial charge in [0, 0.05) is 6.54 Å². The van der Waals surface area contributed by atoms with Crippen molar-refractivity contribution in [3.8, 4) is 0 Å². The summed E-state index contributed by atoms with van der Waals surface area (Å²) in [4.78, 5) is 37.1. The van der Waals surface area contributed by atoms with Crippen molar-refractivity contribution in [2.45, 2.75) is 25.3 Å². The Morgan fingerprint density at radius 2 is 2.00 bits per heavy atom. The van der Waals surface area contributed by atoms with Crippen molar-refractivity contribution in [3.05, 3.63) is 29.3 Å². The zero-order valence-electron chi connectivity index (χ0n) is 12.4. The van der Waals surface area contributed by atoms with Crippen LogP contribution in [0.4, 0.5) is 5.69 Å². The number of carboxylic acid groups (broad SMARTS) is 1. The highest BCUT2D eigenvalue weighted by molar-refractivity contribution is 6.33. The van der Waals surface area contributed by atoms with Gasteiger partial charge < -0.3 is 15.3 Å². The van der Waals surface area contributed by atoms with Gasteiger partial charge in [-0.1, -0.05) is 23.7 Å². The molecule has 0 bridgehead atoms. The maximum atomic E-state index is 12.6. The van der Waals surface area contributed by atoms with E-state index < -0.39 is 23.8 Å². The minimum atomic E-state index is -0.960. The van der Waals surface area contributed by atoms with Gasteiger partial charge in [-0.2, -0.15) is 0 Å². The lowest BCUT2D eigenvalue weighted by Crippen LogP contribution is -2.53. The Morgan fingerprint density at radius 1 is 1.26 bits per heavy atom. The Labute approximate surface area is 138 Å². The van der Waals surface area contributed by atoms with Crippen molar-refractivity contribution < 1.29 is 19.5 Å². The number of carbonyl (C=O) groups is 3. The molecule has 1 aliphatic heterocycles. The summed E-state index contributed by atoms with van der Waals surface area (Å²) in [6, 6.07) is 6.46. The molecule has 2 N–H and O–H groups in total. The smallest absolute Gasteiger partial charge is 0.307 e. The standard InChI is InChI=1S/C16H17ClN2O4/c17-11-4-1-2-6-13(11)19-7-3-5-12(15(19)21)18-14(20)9-8-10(9)16(22)23/h1-2,4,6,9-10,12H,3,5,7-8H2,(H,18,20)(H,22,23). The number of halogens is 1. The highest BCUT2D eigenvalue weighted by Gasteiger charge is 2.49. The van der Waals surface area contributed by atoms with E-state index in [0.29, 0.717) is 30.1 Å². The van der Waals surface area contributed by atoms with E-state index >= 15 is 0 Å². The van der Waals surface area contributed by atoms with Crippen LogP contribution < -0.4 is 10.2 Å². The molecular formula is C16H17ClN2O4. The van der Waals surface area contributed by atoms with Crippen LogP contribution >= 0.6 is 11.6 Å².